The van der Waals surface area contributed by atoms with Crippen molar-refractivity contribution in [2.24, 2.45) is 17.1 Å². The first-order valence-corrected chi connectivity index (χ1v) is 7.26. The number of nitrogens with zero attached hydrogens (tertiary/aromatic N) is 1. The van der Waals surface area contributed by atoms with Gasteiger partial charge in [-0.25, -0.2) is 0 Å². The zero-order valence-corrected chi connectivity index (χ0v) is 11.5. The van der Waals surface area contributed by atoms with Crippen LogP contribution in [0.5, 0.6) is 0 Å². The van der Waals surface area contributed by atoms with Crippen molar-refractivity contribution < 1.29 is 0 Å². The molecule has 3 nitrogen and oxygen atoms in total. The van der Waals surface area contributed by atoms with Gasteiger partial charge in [0.15, 0.2) is 0 Å². The Kier molecular flexibility index (Phi) is 4.45. The minimum atomic E-state index is 0.298. The molecule has 0 spiro atoms. The molecule has 0 aromatic heterocycles. The SMILES string of the molecule is CC1(C)CN(CCC2CCNCC2)CCC1N. The van der Waals surface area contributed by atoms with Gasteiger partial charge in [0.05, 0.1) is 0 Å². The molecule has 1 atom stereocenters. The molecule has 0 radical (unpaired) electrons. The van der Waals surface area contributed by atoms with Crippen molar-refractivity contribution in [3.05, 3.63) is 0 Å². The summed E-state index contributed by atoms with van der Waals surface area (Å²) in [6, 6.07) is 0.387. The number of hydrogen-bond acceptors (Lipinski definition) is 3. The molecule has 0 aromatic carbocycles. The number of likely N-dealkylation sites (tertiary alicyclic amines) is 1. The van der Waals surface area contributed by atoms with Crippen LogP contribution in [0.4, 0.5) is 0 Å². The van der Waals surface area contributed by atoms with Gasteiger partial charge >= 0.3 is 0 Å². The van der Waals surface area contributed by atoms with E-state index in [-0.39, 0.29) is 0 Å². The predicted octanol–water partition coefficient (Wildman–Crippen LogP) is 1.44. The molecule has 0 amide bonds. The maximum absolute atomic E-state index is 6.18. The summed E-state index contributed by atoms with van der Waals surface area (Å²) in [5, 5.41) is 3.44. The molecule has 3 heteroatoms. The lowest BCUT2D eigenvalue weighted by Gasteiger charge is -2.43. The minimum absolute atomic E-state index is 0.298. The van der Waals surface area contributed by atoms with Crippen LogP contribution in [0.2, 0.25) is 0 Å². The molecule has 2 heterocycles. The van der Waals surface area contributed by atoms with Crippen molar-refractivity contribution in [1.82, 2.24) is 10.2 Å². The van der Waals surface area contributed by atoms with Gasteiger partial charge in [-0.1, -0.05) is 13.8 Å². The highest BCUT2D eigenvalue weighted by Crippen LogP contribution is 2.28. The van der Waals surface area contributed by atoms with Crippen molar-refractivity contribution in [3.8, 4) is 0 Å². The van der Waals surface area contributed by atoms with E-state index in [1.165, 1.54) is 58.4 Å². The highest BCUT2D eigenvalue weighted by Gasteiger charge is 2.33. The summed E-state index contributed by atoms with van der Waals surface area (Å²) in [7, 11) is 0. The maximum Gasteiger partial charge on any atom is 0.0115 e. The molecule has 2 aliphatic heterocycles. The monoisotopic (exact) mass is 239 g/mol. The molecule has 100 valence electrons. The molecule has 0 saturated carbocycles. The summed E-state index contributed by atoms with van der Waals surface area (Å²) in [4.78, 5) is 2.63. The molecule has 0 aromatic rings. The number of rotatable bonds is 3. The smallest absolute Gasteiger partial charge is 0.0115 e. The zero-order valence-electron chi connectivity index (χ0n) is 11.5. The minimum Gasteiger partial charge on any atom is -0.327 e. The van der Waals surface area contributed by atoms with Gasteiger partial charge in [-0.2, -0.15) is 0 Å². The van der Waals surface area contributed by atoms with E-state index in [9.17, 15) is 0 Å². The van der Waals surface area contributed by atoms with Crippen molar-refractivity contribution in [3.63, 3.8) is 0 Å². The summed E-state index contributed by atoms with van der Waals surface area (Å²) in [6.07, 6.45) is 5.29. The number of hydrogen-bond donors (Lipinski definition) is 2. The van der Waals surface area contributed by atoms with Crippen molar-refractivity contribution in [1.29, 1.82) is 0 Å². The first-order chi connectivity index (χ1) is 8.08. The molecule has 17 heavy (non-hydrogen) atoms. The van der Waals surface area contributed by atoms with Crippen molar-refractivity contribution >= 4 is 0 Å². The zero-order chi connectivity index (χ0) is 12.3. The van der Waals surface area contributed by atoms with Crippen LogP contribution >= 0.6 is 0 Å². The van der Waals surface area contributed by atoms with Crippen LogP contribution in [-0.2, 0) is 0 Å². The number of piperidine rings is 2. The fourth-order valence-corrected chi connectivity index (χ4v) is 3.21. The normalized spacial score (nSPS) is 31.6. The predicted molar refractivity (Wildman–Crippen MR) is 73.0 cm³/mol. The first-order valence-electron chi connectivity index (χ1n) is 7.26. The Morgan fingerprint density at radius 3 is 2.59 bits per heavy atom. The standard InChI is InChI=1S/C14H29N3/c1-14(2)11-17(10-6-13(14)15)9-5-12-3-7-16-8-4-12/h12-13,16H,3-11,15H2,1-2H3. The Morgan fingerprint density at radius 1 is 1.24 bits per heavy atom. The number of nitrogens with two attached hydrogens (primary N) is 1. The fraction of sp³-hybridized carbons (Fsp3) is 1.00. The summed E-state index contributed by atoms with van der Waals surface area (Å²) in [5.74, 6) is 0.954. The highest BCUT2D eigenvalue weighted by molar-refractivity contribution is 4.89. The Bertz CT molecular complexity index is 234. The molecule has 2 fully saturated rings. The molecule has 2 saturated heterocycles. The Morgan fingerprint density at radius 2 is 1.94 bits per heavy atom. The van der Waals surface area contributed by atoms with Crippen LogP contribution in [0.1, 0.15) is 39.5 Å². The molecule has 3 N–H and O–H groups in total. The van der Waals surface area contributed by atoms with Gasteiger partial charge in [0.2, 0.25) is 0 Å². The van der Waals surface area contributed by atoms with E-state index in [0.29, 0.717) is 11.5 Å². The van der Waals surface area contributed by atoms with E-state index < -0.39 is 0 Å². The van der Waals surface area contributed by atoms with Gasteiger partial charge in [-0.3, -0.25) is 0 Å². The third-order valence-electron chi connectivity index (χ3n) is 4.70. The molecule has 0 bridgehead atoms. The first kappa shape index (κ1) is 13.3. The lowest BCUT2D eigenvalue weighted by molar-refractivity contribution is 0.0888. The summed E-state index contributed by atoms with van der Waals surface area (Å²) < 4.78 is 0. The van der Waals surface area contributed by atoms with E-state index in [0.717, 1.165) is 5.92 Å². The van der Waals surface area contributed by atoms with Gasteiger partial charge in [-0.05, 0) is 63.2 Å². The third-order valence-corrected chi connectivity index (χ3v) is 4.70. The molecule has 2 rings (SSSR count). The van der Waals surface area contributed by atoms with Gasteiger partial charge in [0, 0.05) is 12.6 Å². The summed E-state index contributed by atoms with van der Waals surface area (Å²) >= 11 is 0. The van der Waals surface area contributed by atoms with Crippen LogP contribution < -0.4 is 11.1 Å². The van der Waals surface area contributed by atoms with Crippen LogP contribution in [0.3, 0.4) is 0 Å². The third kappa shape index (κ3) is 3.67. The second kappa shape index (κ2) is 5.68. The van der Waals surface area contributed by atoms with Gasteiger partial charge in [-0.15, -0.1) is 0 Å². The highest BCUT2D eigenvalue weighted by atomic mass is 15.1. The van der Waals surface area contributed by atoms with Crippen LogP contribution in [0.15, 0.2) is 0 Å². The average molecular weight is 239 g/mol. The number of nitrogens with one attached hydrogen (secondary N) is 1. The molecular weight excluding hydrogens is 210 g/mol. The largest absolute Gasteiger partial charge is 0.327 e. The second-order valence-corrected chi connectivity index (χ2v) is 6.64. The molecule has 0 aliphatic carbocycles. The Labute approximate surface area is 106 Å². The quantitative estimate of drug-likeness (QED) is 0.783. The second-order valence-electron chi connectivity index (χ2n) is 6.64. The van der Waals surface area contributed by atoms with E-state index in [4.69, 9.17) is 5.73 Å². The molecular formula is C14H29N3. The molecule has 1 unspecified atom stereocenters. The van der Waals surface area contributed by atoms with Crippen LogP contribution in [0.25, 0.3) is 0 Å². The lowest BCUT2D eigenvalue weighted by Crippen LogP contribution is -2.52. The van der Waals surface area contributed by atoms with Gasteiger partial charge < -0.3 is 16.0 Å². The van der Waals surface area contributed by atoms with Gasteiger partial charge in [0.1, 0.15) is 0 Å². The summed E-state index contributed by atoms with van der Waals surface area (Å²) in [5.41, 5.74) is 6.48. The van der Waals surface area contributed by atoms with E-state index in [1.54, 1.807) is 0 Å². The Balaban J connectivity index is 1.72. The van der Waals surface area contributed by atoms with Gasteiger partial charge in [0.25, 0.3) is 0 Å². The summed E-state index contributed by atoms with van der Waals surface area (Å²) in [6.45, 7) is 10.7. The van der Waals surface area contributed by atoms with Crippen molar-refractivity contribution in [2.45, 2.75) is 45.6 Å². The Hall–Kier alpha value is -0.120. The fourth-order valence-electron chi connectivity index (χ4n) is 3.21. The topological polar surface area (TPSA) is 41.3 Å². The average Bonchev–Trinajstić information content (AvgIpc) is 2.32. The molecule has 2 aliphatic rings. The van der Waals surface area contributed by atoms with E-state index in [2.05, 4.69) is 24.1 Å². The lowest BCUT2D eigenvalue weighted by atomic mass is 9.79. The van der Waals surface area contributed by atoms with Crippen LogP contribution in [0, 0.1) is 11.3 Å². The van der Waals surface area contributed by atoms with E-state index >= 15 is 0 Å². The van der Waals surface area contributed by atoms with Crippen molar-refractivity contribution in [2.75, 3.05) is 32.7 Å². The van der Waals surface area contributed by atoms with Crippen LogP contribution in [-0.4, -0.2) is 43.7 Å². The van der Waals surface area contributed by atoms with E-state index in [1.807, 2.05) is 0 Å². The maximum atomic E-state index is 6.18.